The zero-order valence-corrected chi connectivity index (χ0v) is 61.8. The molecule has 12 nitrogen and oxygen atoms in total. The number of allylic oxidation sites excluding steroid dienone is 1. The summed E-state index contributed by atoms with van der Waals surface area (Å²) in [6, 6.07) is 0.805. The van der Waals surface area contributed by atoms with Gasteiger partial charge in [0.25, 0.3) is 0 Å². The van der Waals surface area contributed by atoms with Crippen LogP contribution < -0.4 is 0 Å². The van der Waals surface area contributed by atoms with Crippen LogP contribution in [0, 0.1) is 124 Å². The molecule has 4 rings (SSSR count). The van der Waals surface area contributed by atoms with Gasteiger partial charge < -0.3 is 9.80 Å². The fourth-order valence-electron chi connectivity index (χ4n) is 13.7. The summed E-state index contributed by atoms with van der Waals surface area (Å²) in [4.78, 5) is 101. The lowest BCUT2D eigenvalue weighted by atomic mass is 9.80. The number of hydrogen-bond acceptors (Lipinski definition) is 8. The van der Waals surface area contributed by atoms with Gasteiger partial charge >= 0.3 is 0 Å². The number of carbonyl (C=O) groups is 8. The maximum Gasteiger partial charge on any atom is 0.233 e. The standard InChI is InChI=1S/C14H27NO.C13H23NO.C12H21NO2.2C12H24O.C11H19NO2.2CH4/c1-9(2)7-12-8-13(16)15(11(5)6)14(12)10(3)4;1-8(2)7-11-12(9(3)4)10(5)14(6)13(11)15;1-7(2)6-9-10(8(3)4)12(15)13(5)11(9)14;2*1-8(2)7-10(5)11(6)12(13)9(3)4;1-7(2)5-9-6-10(13)12(8(3)4)11(9)14;;/h9-12,14H,7-8H2,1-6H3;8-9,11-12H,5,7H2,1-4,6H3;7-10H,6H2,1-5H3;2*8-11H,7H2,1-6H3;7-9H,5-6H2,1-4H3;2*1H4. The van der Waals surface area contributed by atoms with Gasteiger partial charge in [0.1, 0.15) is 11.6 Å². The fourth-order valence-corrected chi connectivity index (χ4v) is 13.7. The predicted molar refractivity (Wildman–Crippen MR) is 374 cm³/mol. The van der Waals surface area contributed by atoms with E-state index in [-0.39, 0.29) is 104 Å². The van der Waals surface area contributed by atoms with E-state index >= 15 is 0 Å². The van der Waals surface area contributed by atoms with Gasteiger partial charge in [-0.2, -0.15) is 0 Å². The Morgan fingerprint density at radius 1 is 0.420 bits per heavy atom. The molecule has 4 saturated heterocycles. The van der Waals surface area contributed by atoms with Gasteiger partial charge in [0.2, 0.25) is 35.4 Å². The molecule has 0 aliphatic carbocycles. The number of likely N-dealkylation sites (tertiary alicyclic amines) is 4. The van der Waals surface area contributed by atoms with Crippen molar-refractivity contribution in [2.45, 2.75) is 292 Å². The highest BCUT2D eigenvalue weighted by Crippen LogP contribution is 2.41. The van der Waals surface area contributed by atoms with E-state index in [1.807, 2.05) is 62.4 Å². The summed E-state index contributed by atoms with van der Waals surface area (Å²) in [5.74, 6) is 9.01. The Morgan fingerprint density at radius 2 is 0.784 bits per heavy atom. The zero-order chi connectivity index (χ0) is 68.0. The SMILES string of the molecule is C.C.C=C1C(C(C)C)C(CC(C)C)C(=O)N1C.CC(C)CC(C)C(C)C(=O)C(C)C.CC(C)CC(C)C(C)C(=O)C(C)C.CC(C)CC1C(=O)N(C)C(=O)C1C(C)C.CC(C)CC1CC(=O)N(C(C)C)C1=O.CC(C)CC1CC(=O)N(C(C)C)C1C(C)C. The number of ketones is 2. The molecule has 0 bridgehead atoms. The smallest absolute Gasteiger partial charge is 0.233 e. The summed E-state index contributed by atoms with van der Waals surface area (Å²) in [6.07, 6.45) is 7.28. The second kappa shape index (κ2) is 42.4. The van der Waals surface area contributed by atoms with Gasteiger partial charge in [-0.15, -0.1) is 0 Å². The van der Waals surface area contributed by atoms with Crippen LogP contribution in [-0.4, -0.2) is 98.8 Å². The fraction of sp³-hybridized carbons (Fsp3) is 0.868. The average Bonchev–Trinajstić information content (AvgIpc) is 3.20. The summed E-state index contributed by atoms with van der Waals surface area (Å²) in [5, 5.41) is 0. The largest absolute Gasteiger partial charge is 0.337 e. The molecule has 0 aromatic heterocycles. The number of carbonyl (C=O) groups excluding carboxylic acids is 8. The first-order valence-corrected chi connectivity index (χ1v) is 34.2. The molecule has 518 valence electrons. The third kappa shape index (κ3) is 29.3. The topological polar surface area (TPSA) is 150 Å². The van der Waals surface area contributed by atoms with Crippen molar-refractivity contribution in [1.82, 2.24) is 19.6 Å². The molecule has 4 fully saturated rings. The Hall–Kier alpha value is -3.70. The molecule has 0 aromatic carbocycles. The maximum atomic E-state index is 12.0. The van der Waals surface area contributed by atoms with Gasteiger partial charge in [-0.1, -0.05) is 201 Å². The van der Waals surface area contributed by atoms with E-state index in [2.05, 4.69) is 164 Å². The normalized spacial score (nSPS) is 22.6. The molecule has 0 N–H and O–H groups in total. The summed E-state index contributed by atoms with van der Waals surface area (Å²) < 4.78 is 0. The van der Waals surface area contributed by atoms with Crippen molar-refractivity contribution in [2.75, 3.05) is 14.1 Å². The van der Waals surface area contributed by atoms with Gasteiger partial charge in [-0.3, -0.25) is 48.2 Å². The molecule has 0 aromatic rings. The van der Waals surface area contributed by atoms with E-state index in [1.165, 1.54) is 16.2 Å². The highest BCUT2D eigenvalue weighted by molar-refractivity contribution is 6.05. The van der Waals surface area contributed by atoms with Gasteiger partial charge in [0.15, 0.2) is 0 Å². The van der Waals surface area contributed by atoms with Crippen LogP contribution in [0.4, 0.5) is 0 Å². The van der Waals surface area contributed by atoms with Crippen LogP contribution in [0.3, 0.4) is 0 Å². The molecule has 4 aliphatic rings. The molecule has 12 heteroatoms. The van der Waals surface area contributed by atoms with Crippen LogP contribution >= 0.6 is 0 Å². The molecular formula is C76H146N4O8. The average molecular weight is 1240 g/mol. The van der Waals surface area contributed by atoms with Gasteiger partial charge in [-0.25, -0.2) is 0 Å². The third-order valence-corrected chi connectivity index (χ3v) is 18.0. The number of amides is 6. The molecule has 0 radical (unpaired) electrons. The van der Waals surface area contributed by atoms with Crippen molar-refractivity contribution in [1.29, 1.82) is 0 Å². The maximum absolute atomic E-state index is 12.0. The summed E-state index contributed by atoms with van der Waals surface area (Å²) >= 11 is 0. The summed E-state index contributed by atoms with van der Waals surface area (Å²) in [6.45, 7) is 67.4. The van der Waals surface area contributed by atoms with Crippen LogP contribution in [-0.2, 0) is 38.4 Å². The van der Waals surface area contributed by atoms with Gasteiger partial charge in [0.05, 0.1) is 11.8 Å². The van der Waals surface area contributed by atoms with Crippen LogP contribution in [0.15, 0.2) is 12.3 Å². The second-order valence-electron chi connectivity index (χ2n) is 31.5. The van der Waals surface area contributed by atoms with Crippen molar-refractivity contribution in [2.24, 2.45) is 124 Å². The monoisotopic (exact) mass is 1240 g/mol. The van der Waals surface area contributed by atoms with Crippen molar-refractivity contribution in [3.63, 3.8) is 0 Å². The molecule has 88 heavy (non-hydrogen) atoms. The Balaban J connectivity index is -0.000000480. The molecule has 0 spiro atoms. The van der Waals surface area contributed by atoms with Crippen LogP contribution in [0.1, 0.15) is 274 Å². The summed E-state index contributed by atoms with van der Waals surface area (Å²) in [5.41, 5.74) is 1.00. The van der Waals surface area contributed by atoms with Crippen molar-refractivity contribution >= 4 is 47.0 Å². The molecule has 6 amide bonds. The lowest BCUT2D eigenvalue weighted by molar-refractivity contribution is -0.142. The Labute approximate surface area is 545 Å². The minimum Gasteiger partial charge on any atom is -0.337 e. The third-order valence-electron chi connectivity index (χ3n) is 18.0. The van der Waals surface area contributed by atoms with Crippen molar-refractivity contribution in [3.05, 3.63) is 12.3 Å². The number of imide groups is 2. The Bertz CT molecular complexity index is 2010. The Morgan fingerprint density at radius 3 is 1.08 bits per heavy atom. The van der Waals surface area contributed by atoms with E-state index in [9.17, 15) is 38.4 Å². The summed E-state index contributed by atoms with van der Waals surface area (Å²) in [7, 11) is 3.45. The molecule has 4 aliphatic heterocycles. The lowest BCUT2D eigenvalue weighted by Crippen LogP contribution is -2.43. The molecule has 0 saturated carbocycles. The first-order valence-electron chi connectivity index (χ1n) is 34.2. The van der Waals surface area contributed by atoms with Crippen LogP contribution in [0.25, 0.3) is 0 Å². The zero-order valence-electron chi connectivity index (χ0n) is 61.8. The molecular weight excluding hydrogens is 1100 g/mol. The highest BCUT2D eigenvalue weighted by atomic mass is 16.2. The van der Waals surface area contributed by atoms with E-state index in [4.69, 9.17) is 0 Å². The predicted octanol–water partition coefficient (Wildman–Crippen LogP) is 18.3. The van der Waals surface area contributed by atoms with Crippen molar-refractivity contribution < 1.29 is 38.4 Å². The lowest BCUT2D eigenvalue weighted by Gasteiger charge is -2.34. The number of nitrogens with zero attached hydrogens (tertiary/aromatic N) is 4. The van der Waals surface area contributed by atoms with E-state index in [0.717, 1.165) is 44.2 Å². The van der Waals surface area contributed by atoms with Gasteiger partial charge in [0, 0.05) is 92.2 Å². The number of hydrogen-bond donors (Lipinski definition) is 0. The van der Waals surface area contributed by atoms with E-state index in [1.54, 1.807) is 11.9 Å². The Kier molecular flexibility index (Phi) is 43.8. The minimum absolute atomic E-state index is 0. The number of Topliss-reactive ketones (excluding diaryl/α,β-unsaturated/α-hetero) is 2. The minimum atomic E-state index is -0.107. The molecule has 11 atom stereocenters. The van der Waals surface area contributed by atoms with E-state index in [0.29, 0.717) is 107 Å². The van der Waals surface area contributed by atoms with E-state index < -0.39 is 0 Å². The van der Waals surface area contributed by atoms with Gasteiger partial charge in [-0.05, 0) is 137 Å². The quantitative estimate of drug-likeness (QED) is 0.0918. The second-order valence-corrected chi connectivity index (χ2v) is 31.5. The molecule has 4 heterocycles. The van der Waals surface area contributed by atoms with Crippen molar-refractivity contribution in [3.8, 4) is 0 Å². The first-order chi connectivity index (χ1) is 39.2. The number of rotatable bonds is 23. The molecule has 11 unspecified atom stereocenters. The highest BCUT2D eigenvalue weighted by Gasteiger charge is 2.47. The van der Waals surface area contributed by atoms with Crippen LogP contribution in [0.5, 0.6) is 0 Å². The van der Waals surface area contributed by atoms with Crippen LogP contribution in [0.2, 0.25) is 0 Å². The first kappa shape index (κ1) is 90.7.